The van der Waals surface area contributed by atoms with Gasteiger partial charge >= 0.3 is 5.91 Å². The molecular formula is C29H24N2O6. The summed E-state index contributed by atoms with van der Waals surface area (Å²) in [6.07, 6.45) is 0. The van der Waals surface area contributed by atoms with Crippen molar-refractivity contribution < 1.29 is 28.7 Å². The second-order valence-corrected chi connectivity index (χ2v) is 8.41. The van der Waals surface area contributed by atoms with Gasteiger partial charge in [-0.1, -0.05) is 35.5 Å². The normalized spacial score (nSPS) is 16.7. The van der Waals surface area contributed by atoms with E-state index in [2.05, 4.69) is 5.16 Å². The van der Waals surface area contributed by atoms with Crippen molar-refractivity contribution >= 4 is 23.3 Å². The Balaban J connectivity index is 1.62. The number of rotatable bonds is 7. The standard InChI is InChI=1S/C29H24N2O6/c1-3-35-21-14-12-19(13-15-21)27(32)25-26(31(29(34)28(25)33)24-16-18(2)37-30-24)20-8-7-11-23(17-20)36-22-9-5-4-6-10-22/h4-17,26,32H,3H2,1-2H3/b27-25-. The molecule has 1 aliphatic heterocycles. The molecule has 186 valence electrons. The van der Waals surface area contributed by atoms with E-state index in [1.807, 2.05) is 37.3 Å². The van der Waals surface area contributed by atoms with Crippen molar-refractivity contribution in [1.82, 2.24) is 5.16 Å². The lowest BCUT2D eigenvalue weighted by Gasteiger charge is -2.23. The number of aliphatic hydroxyl groups is 1. The fourth-order valence-corrected chi connectivity index (χ4v) is 4.25. The molecule has 1 fully saturated rings. The van der Waals surface area contributed by atoms with E-state index in [0.717, 1.165) is 0 Å². The molecule has 0 bridgehead atoms. The van der Waals surface area contributed by atoms with Crippen LogP contribution in [-0.4, -0.2) is 28.6 Å². The highest BCUT2D eigenvalue weighted by molar-refractivity contribution is 6.51. The zero-order chi connectivity index (χ0) is 25.9. The number of carbonyl (C=O) groups is 2. The number of hydrogen-bond donors (Lipinski definition) is 1. The SMILES string of the molecule is CCOc1ccc(/C(O)=C2/C(=O)C(=O)N(c3cc(C)on3)C2c2cccc(Oc3ccccc3)c2)cc1. The van der Waals surface area contributed by atoms with Crippen LogP contribution in [0.4, 0.5) is 5.82 Å². The number of hydrogen-bond acceptors (Lipinski definition) is 7. The van der Waals surface area contributed by atoms with Crippen LogP contribution in [-0.2, 0) is 9.59 Å². The molecule has 1 atom stereocenters. The number of benzene rings is 3. The van der Waals surface area contributed by atoms with E-state index < -0.39 is 17.7 Å². The van der Waals surface area contributed by atoms with Gasteiger partial charge in [-0.2, -0.15) is 0 Å². The number of para-hydroxylation sites is 1. The van der Waals surface area contributed by atoms with Gasteiger partial charge in [0.1, 0.15) is 28.8 Å². The summed E-state index contributed by atoms with van der Waals surface area (Å²) < 4.78 is 16.6. The van der Waals surface area contributed by atoms with Gasteiger partial charge in [-0.15, -0.1) is 0 Å². The van der Waals surface area contributed by atoms with E-state index in [1.54, 1.807) is 61.5 Å². The fourth-order valence-electron chi connectivity index (χ4n) is 4.25. The molecule has 1 unspecified atom stereocenters. The summed E-state index contributed by atoms with van der Waals surface area (Å²) >= 11 is 0. The minimum atomic E-state index is -0.963. The molecule has 1 N–H and O–H groups in total. The third kappa shape index (κ3) is 4.69. The fraction of sp³-hybridized carbons (Fsp3) is 0.138. The predicted molar refractivity (Wildman–Crippen MR) is 137 cm³/mol. The summed E-state index contributed by atoms with van der Waals surface area (Å²) in [4.78, 5) is 27.8. The maximum absolute atomic E-state index is 13.3. The summed E-state index contributed by atoms with van der Waals surface area (Å²) in [6, 6.07) is 23.6. The molecule has 8 nitrogen and oxygen atoms in total. The summed E-state index contributed by atoms with van der Waals surface area (Å²) in [5.41, 5.74) is 0.868. The van der Waals surface area contributed by atoms with Crippen molar-refractivity contribution in [3.05, 3.63) is 107 Å². The first kappa shape index (κ1) is 23.9. The minimum Gasteiger partial charge on any atom is -0.507 e. The smallest absolute Gasteiger partial charge is 0.301 e. The Kier molecular flexibility index (Phi) is 6.47. The maximum atomic E-state index is 13.3. The summed E-state index contributed by atoms with van der Waals surface area (Å²) in [5.74, 6) is 0.463. The first-order valence-corrected chi connectivity index (χ1v) is 11.8. The van der Waals surface area contributed by atoms with E-state index in [0.29, 0.717) is 40.7 Å². The highest BCUT2D eigenvalue weighted by atomic mass is 16.5. The highest BCUT2D eigenvalue weighted by Gasteiger charge is 2.48. The third-order valence-corrected chi connectivity index (χ3v) is 5.90. The molecule has 2 heterocycles. The summed E-state index contributed by atoms with van der Waals surface area (Å²) in [7, 11) is 0. The molecule has 3 aromatic carbocycles. The lowest BCUT2D eigenvalue weighted by atomic mass is 9.95. The molecule has 0 spiro atoms. The van der Waals surface area contributed by atoms with Crippen LogP contribution >= 0.6 is 0 Å². The van der Waals surface area contributed by atoms with Gasteiger partial charge in [0, 0.05) is 11.6 Å². The monoisotopic (exact) mass is 496 g/mol. The van der Waals surface area contributed by atoms with Crippen LogP contribution in [0, 0.1) is 6.92 Å². The summed E-state index contributed by atoms with van der Waals surface area (Å²) in [5, 5.41) is 15.3. The number of carbonyl (C=O) groups excluding carboxylic acids is 2. The van der Waals surface area contributed by atoms with Gasteiger partial charge in [-0.25, -0.2) is 0 Å². The van der Waals surface area contributed by atoms with E-state index in [9.17, 15) is 14.7 Å². The molecule has 1 saturated heterocycles. The highest BCUT2D eigenvalue weighted by Crippen LogP contribution is 2.43. The van der Waals surface area contributed by atoms with Crippen molar-refractivity contribution in [2.24, 2.45) is 0 Å². The molecule has 4 aromatic rings. The first-order chi connectivity index (χ1) is 18.0. The second-order valence-electron chi connectivity index (χ2n) is 8.41. The number of ether oxygens (including phenoxy) is 2. The van der Waals surface area contributed by atoms with Gasteiger partial charge in [0.05, 0.1) is 18.2 Å². The van der Waals surface area contributed by atoms with E-state index >= 15 is 0 Å². The lowest BCUT2D eigenvalue weighted by molar-refractivity contribution is -0.132. The van der Waals surface area contributed by atoms with Crippen LogP contribution in [0.15, 0.2) is 95.0 Å². The van der Waals surface area contributed by atoms with Gasteiger partial charge in [-0.3, -0.25) is 14.5 Å². The Bertz CT molecular complexity index is 1470. The van der Waals surface area contributed by atoms with Crippen LogP contribution in [0.1, 0.15) is 29.9 Å². The summed E-state index contributed by atoms with van der Waals surface area (Å²) in [6.45, 7) is 4.06. The second kappa shape index (κ2) is 10.0. The quantitative estimate of drug-likeness (QED) is 0.196. The number of anilines is 1. The minimum absolute atomic E-state index is 0.0633. The largest absolute Gasteiger partial charge is 0.507 e. The zero-order valence-corrected chi connectivity index (χ0v) is 20.3. The molecule has 5 rings (SSSR count). The number of Topliss-reactive ketones (excluding diaryl/α,β-unsaturated/α-hetero) is 1. The van der Waals surface area contributed by atoms with Crippen LogP contribution in [0.5, 0.6) is 17.2 Å². The Hall–Kier alpha value is -4.85. The zero-order valence-electron chi connectivity index (χ0n) is 20.3. The molecular weight excluding hydrogens is 472 g/mol. The topological polar surface area (TPSA) is 102 Å². The van der Waals surface area contributed by atoms with Gasteiger partial charge in [0.15, 0.2) is 5.82 Å². The van der Waals surface area contributed by atoms with E-state index in [-0.39, 0.29) is 17.2 Å². The maximum Gasteiger partial charge on any atom is 0.301 e. The first-order valence-electron chi connectivity index (χ1n) is 11.8. The van der Waals surface area contributed by atoms with Gasteiger partial charge < -0.3 is 19.1 Å². The van der Waals surface area contributed by atoms with Crippen LogP contribution in [0.3, 0.4) is 0 Å². The third-order valence-electron chi connectivity index (χ3n) is 5.90. The van der Waals surface area contributed by atoms with Crippen molar-refractivity contribution in [1.29, 1.82) is 0 Å². The molecule has 8 heteroatoms. The number of aryl methyl sites for hydroxylation is 1. The number of ketones is 1. The molecule has 1 aromatic heterocycles. The lowest BCUT2D eigenvalue weighted by Crippen LogP contribution is -2.29. The Morgan fingerprint density at radius 3 is 2.35 bits per heavy atom. The molecule has 0 aliphatic carbocycles. The van der Waals surface area contributed by atoms with Crippen molar-refractivity contribution in [3.63, 3.8) is 0 Å². The van der Waals surface area contributed by atoms with Crippen molar-refractivity contribution in [2.75, 3.05) is 11.5 Å². The molecule has 1 amide bonds. The van der Waals surface area contributed by atoms with Crippen LogP contribution in [0.25, 0.3) is 5.76 Å². The van der Waals surface area contributed by atoms with Crippen LogP contribution in [0.2, 0.25) is 0 Å². The molecule has 0 radical (unpaired) electrons. The van der Waals surface area contributed by atoms with Gasteiger partial charge in [0.25, 0.3) is 5.78 Å². The van der Waals surface area contributed by atoms with E-state index in [1.165, 1.54) is 4.90 Å². The van der Waals surface area contributed by atoms with Gasteiger partial charge in [0.2, 0.25) is 0 Å². The van der Waals surface area contributed by atoms with E-state index in [4.69, 9.17) is 14.0 Å². The number of amides is 1. The Morgan fingerprint density at radius 2 is 1.68 bits per heavy atom. The Labute approximate surface area is 213 Å². The average molecular weight is 497 g/mol. The number of nitrogens with zero attached hydrogens (tertiary/aromatic N) is 2. The molecule has 0 saturated carbocycles. The average Bonchev–Trinajstić information content (AvgIpc) is 3.45. The Morgan fingerprint density at radius 1 is 0.946 bits per heavy atom. The number of aromatic nitrogens is 1. The predicted octanol–water partition coefficient (Wildman–Crippen LogP) is 5.80. The van der Waals surface area contributed by atoms with Crippen LogP contribution < -0.4 is 14.4 Å². The van der Waals surface area contributed by atoms with Crippen molar-refractivity contribution in [2.45, 2.75) is 19.9 Å². The van der Waals surface area contributed by atoms with Gasteiger partial charge in [-0.05, 0) is 67.9 Å². The van der Waals surface area contributed by atoms with Crippen molar-refractivity contribution in [3.8, 4) is 17.2 Å². The number of aliphatic hydroxyl groups excluding tert-OH is 1. The molecule has 1 aliphatic rings. The molecule has 37 heavy (non-hydrogen) atoms.